The van der Waals surface area contributed by atoms with Crippen LogP contribution in [0.1, 0.15) is 16.1 Å². The first-order valence-electron chi connectivity index (χ1n) is 5.81. The van der Waals surface area contributed by atoms with Gasteiger partial charge < -0.3 is 5.73 Å². The van der Waals surface area contributed by atoms with Gasteiger partial charge in [-0.3, -0.25) is 0 Å². The SMILES string of the molecule is Cc1ncsc1CNS(=O)(=O)c1ccc(F)c(CN)c1. The van der Waals surface area contributed by atoms with Crippen LogP contribution in [0.25, 0.3) is 0 Å². The third kappa shape index (κ3) is 3.21. The Balaban J connectivity index is 2.20. The zero-order chi connectivity index (χ0) is 14.8. The lowest BCUT2D eigenvalue weighted by Crippen LogP contribution is -2.23. The van der Waals surface area contributed by atoms with Gasteiger partial charge in [-0.15, -0.1) is 11.3 Å². The fraction of sp³-hybridized carbons (Fsp3) is 0.250. The molecule has 0 fully saturated rings. The molecule has 0 unspecified atom stereocenters. The van der Waals surface area contributed by atoms with E-state index in [0.29, 0.717) is 0 Å². The molecule has 108 valence electrons. The predicted octanol–water partition coefficient (Wildman–Crippen LogP) is 1.53. The minimum atomic E-state index is -3.70. The molecule has 0 radical (unpaired) electrons. The Labute approximate surface area is 120 Å². The maximum atomic E-state index is 13.3. The van der Waals surface area contributed by atoms with E-state index in [0.717, 1.165) is 16.6 Å². The summed E-state index contributed by atoms with van der Waals surface area (Å²) in [6.45, 7) is 1.92. The van der Waals surface area contributed by atoms with E-state index >= 15 is 0 Å². The molecule has 0 atom stereocenters. The van der Waals surface area contributed by atoms with E-state index < -0.39 is 15.8 Å². The maximum absolute atomic E-state index is 13.3. The Kier molecular flexibility index (Phi) is 4.48. The summed E-state index contributed by atoms with van der Waals surface area (Å²) in [4.78, 5) is 4.89. The molecular weight excluding hydrogens is 301 g/mol. The quantitative estimate of drug-likeness (QED) is 0.876. The number of nitrogens with zero attached hydrogens (tertiary/aromatic N) is 1. The number of aromatic nitrogens is 1. The van der Waals surface area contributed by atoms with Gasteiger partial charge in [-0.2, -0.15) is 0 Å². The van der Waals surface area contributed by atoms with Crippen molar-refractivity contribution in [3.63, 3.8) is 0 Å². The van der Waals surface area contributed by atoms with Crippen LogP contribution in [0.3, 0.4) is 0 Å². The minimum Gasteiger partial charge on any atom is -0.326 e. The summed E-state index contributed by atoms with van der Waals surface area (Å²) in [5.41, 5.74) is 7.99. The van der Waals surface area contributed by atoms with Crippen LogP contribution >= 0.6 is 11.3 Å². The van der Waals surface area contributed by atoms with Gasteiger partial charge in [0.05, 0.1) is 16.1 Å². The Bertz CT molecular complexity index is 713. The summed E-state index contributed by atoms with van der Waals surface area (Å²) in [6.07, 6.45) is 0. The number of nitrogens with one attached hydrogen (secondary N) is 1. The van der Waals surface area contributed by atoms with Crippen molar-refractivity contribution in [2.75, 3.05) is 0 Å². The number of aryl methyl sites for hydroxylation is 1. The molecule has 1 aromatic heterocycles. The van der Waals surface area contributed by atoms with E-state index in [-0.39, 0.29) is 23.5 Å². The standard InChI is InChI=1S/C12H14FN3O2S2/c1-8-12(19-7-15-8)6-16-20(17,18)10-2-3-11(13)9(4-10)5-14/h2-4,7,16H,5-6,14H2,1H3. The Morgan fingerprint density at radius 3 is 2.80 bits per heavy atom. The highest BCUT2D eigenvalue weighted by Gasteiger charge is 2.16. The summed E-state index contributed by atoms with van der Waals surface area (Å²) in [6, 6.07) is 3.57. The first kappa shape index (κ1) is 15.0. The summed E-state index contributed by atoms with van der Waals surface area (Å²) in [5.74, 6) is -0.509. The highest BCUT2D eigenvalue weighted by atomic mass is 32.2. The zero-order valence-corrected chi connectivity index (χ0v) is 12.4. The number of thiazole rings is 1. The molecule has 20 heavy (non-hydrogen) atoms. The van der Waals surface area contributed by atoms with E-state index in [1.165, 1.54) is 23.5 Å². The lowest BCUT2D eigenvalue weighted by molar-refractivity contribution is 0.579. The number of benzene rings is 1. The molecule has 0 spiro atoms. The highest BCUT2D eigenvalue weighted by Crippen LogP contribution is 2.17. The maximum Gasteiger partial charge on any atom is 0.240 e. The number of sulfonamides is 1. The second kappa shape index (κ2) is 5.96. The molecule has 0 bridgehead atoms. The first-order valence-corrected chi connectivity index (χ1v) is 8.17. The Morgan fingerprint density at radius 2 is 2.20 bits per heavy atom. The van der Waals surface area contributed by atoms with Crippen molar-refractivity contribution in [2.45, 2.75) is 24.9 Å². The van der Waals surface area contributed by atoms with Crippen LogP contribution in [0, 0.1) is 12.7 Å². The topological polar surface area (TPSA) is 85.1 Å². The smallest absolute Gasteiger partial charge is 0.240 e. The molecule has 1 heterocycles. The zero-order valence-electron chi connectivity index (χ0n) is 10.8. The number of hydrogen-bond acceptors (Lipinski definition) is 5. The molecule has 1 aromatic carbocycles. The van der Waals surface area contributed by atoms with Crippen LogP contribution in [-0.4, -0.2) is 13.4 Å². The van der Waals surface area contributed by atoms with Crippen LogP contribution in [0.15, 0.2) is 28.6 Å². The van der Waals surface area contributed by atoms with Crippen molar-refractivity contribution in [3.05, 3.63) is 45.7 Å². The van der Waals surface area contributed by atoms with Crippen molar-refractivity contribution >= 4 is 21.4 Å². The van der Waals surface area contributed by atoms with E-state index in [1.807, 2.05) is 6.92 Å². The largest absolute Gasteiger partial charge is 0.326 e. The minimum absolute atomic E-state index is 0.00141. The lowest BCUT2D eigenvalue weighted by atomic mass is 10.2. The van der Waals surface area contributed by atoms with Crippen molar-refractivity contribution in [3.8, 4) is 0 Å². The molecule has 8 heteroatoms. The average molecular weight is 315 g/mol. The predicted molar refractivity (Wildman–Crippen MR) is 75.2 cm³/mol. The third-order valence-electron chi connectivity index (χ3n) is 2.81. The molecule has 5 nitrogen and oxygen atoms in total. The molecule has 0 aliphatic heterocycles. The number of hydrogen-bond donors (Lipinski definition) is 2. The molecule has 0 aliphatic carbocycles. The van der Waals surface area contributed by atoms with Crippen LogP contribution in [0.5, 0.6) is 0 Å². The van der Waals surface area contributed by atoms with E-state index in [1.54, 1.807) is 5.51 Å². The van der Waals surface area contributed by atoms with Crippen molar-refractivity contribution < 1.29 is 12.8 Å². The molecule has 3 N–H and O–H groups in total. The molecule has 2 rings (SSSR count). The third-order valence-corrected chi connectivity index (χ3v) is 5.15. The Hall–Kier alpha value is -1.35. The van der Waals surface area contributed by atoms with Gasteiger partial charge in [0.15, 0.2) is 0 Å². The molecule has 0 saturated heterocycles. The number of rotatable bonds is 5. The van der Waals surface area contributed by atoms with Crippen molar-refractivity contribution in [2.24, 2.45) is 5.73 Å². The van der Waals surface area contributed by atoms with Gasteiger partial charge >= 0.3 is 0 Å². The van der Waals surface area contributed by atoms with Gasteiger partial charge in [0, 0.05) is 23.5 Å². The lowest BCUT2D eigenvalue weighted by Gasteiger charge is -2.08. The molecular formula is C12H14FN3O2S2. The second-order valence-corrected chi connectivity index (χ2v) is 6.85. The first-order chi connectivity index (χ1) is 9.44. The normalized spacial score (nSPS) is 11.8. The van der Waals surface area contributed by atoms with Gasteiger partial charge in [-0.05, 0) is 25.1 Å². The fourth-order valence-corrected chi connectivity index (χ4v) is 3.47. The van der Waals surface area contributed by atoms with Gasteiger partial charge in [0.25, 0.3) is 0 Å². The highest BCUT2D eigenvalue weighted by molar-refractivity contribution is 7.89. The monoisotopic (exact) mass is 315 g/mol. The van der Waals surface area contributed by atoms with Gasteiger partial charge in [0.2, 0.25) is 10.0 Å². The molecule has 0 saturated carbocycles. The summed E-state index contributed by atoms with van der Waals surface area (Å²) in [5, 5.41) is 0. The van der Waals surface area contributed by atoms with Crippen LogP contribution in [0.2, 0.25) is 0 Å². The van der Waals surface area contributed by atoms with Gasteiger partial charge in [0.1, 0.15) is 5.82 Å². The number of halogens is 1. The second-order valence-electron chi connectivity index (χ2n) is 4.14. The van der Waals surface area contributed by atoms with Crippen molar-refractivity contribution in [1.82, 2.24) is 9.71 Å². The van der Waals surface area contributed by atoms with Crippen LogP contribution in [0.4, 0.5) is 4.39 Å². The van der Waals surface area contributed by atoms with E-state index in [9.17, 15) is 12.8 Å². The average Bonchev–Trinajstić information content (AvgIpc) is 2.82. The molecule has 2 aromatic rings. The van der Waals surface area contributed by atoms with Crippen LogP contribution in [-0.2, 0) is 23.1 Å². The fourth-order valence-electron chi connectivity index (χ4n) is 1.61. The summed E-state index contributed by atoms with van der Waals surface area (Å²) in [7, 11) is -3.70. The van der Waals surface area contributed by atoms with E-state index in [4.69, 9.17) is 5.73 Å². The van der Waals surface area contributed by atoms with E-state index in [2.05, 4.69) is 9.71 Å². The summed E-state index contributed by atoms with van der Waals surface area (Å²) >= 11 is 1.38. The molecule has 0 aliphatic rings. The number of nitrogens with two attached hydrogens (primary N) is 1. The van der Waals surface area contributed by atoms with Gasteiger partial charge in [-0.1, -0.05) is 0 Å². The van der Waals surface area contributed by atoms with Crippen molar-refractivity contribution in [1.29, 1.82) is 0 Å². The van der Waals surface area contributed by atoms with Crippen LogP contribution < -0.4 is 10.5 Å². The van der Waals surface area contributed by atoms with Gasteiger partial charge in [-0.25, -0.2) is 22.5 Å². The Morgan fingerprint density at radius 1 is 1.45 bits per heavy atom. The summed E-state index contributed by atoms with van der Waals surface area (Å²) < 4.78 is 40.0. The molecule has 0 amide bonds.